The Kier molecular flexibility index (Phi) is 4.57. The number of hydrogen-bond donors (Lipinski definition) is 1. The molecular formula is C14H25NS. The molecule has 1 nitrogen and oxygen atoms in total. The first kappa shape index (κ1) is 13.7. The lowest BCUT2D eigenvalue weighted by Gasteiger charge is -2.33. The van der Waals surface area contributed by atoms with Gasteiger partial charge in [0.05, 0.1) is 0 Å². The SMILES string of the molecule is CC(C)(C)CC(C)(C)NCCc1ccsc1. The van der Waals surface area contributed by atoms with Gasteiger partial charge in [-0.05, 0) is 61.0 Å². The Hall–Kier alpha value is -0.340. The Bertz CT molecular complexity index is 293. The average Bonchev–Trinajstić information content (AvgIpc) is 2.51. The molecule has 0 spiro atoms. The number of thiophene rings is 1. The lowest BCUT2D eigenvalue weighted by atomic mass is 9.82. The molecule has 2 heteroatoms. The molecule has 0 aliphatic carbocycles. The van der Waals surface area contributed by atoms with Crippen LogP contribution in [0.4, 0.5) is 0 Å². The second kappa shape index (κ2) is 5.33. The van der Waals surface area contributed by atoms with E-state index in [2.05, 4.69) is 56.8 Å². The summed E-state index contributed by atoms with van der Waals surface area (Å²) in [6, 6.07) is 2.21. The molecule has 92 valence electrons. The van der Waals surface area contributed by atoms with Gasteiger partial charge in [-0.25, -0.2) is 0 Å². The maximum atomic E-state index is 3.66. The van der Waals surface area contributed by atoms with Crippen LogP contribution in [0, 0.1) is 5.41 Å². The topological polar surface area (TPSA) is 12.0 Å². The minimum Gasteiger partial charge on any atom is -0.311 e. The fraction of sp³-hybridized carbons (Fsp3) is 0.714. The van der Waals surface area contributed by atoms with Crippen LogP contribution in [0.1, 0.15) is 46.6 Å². The molecule has 1 rings (SSSR count). The third-order valence-corrected chi connectivity index (χ3v) is 3.30. The molecule has 0 aliphatic heterocycles. The zero-order chi connectivity index (χ0) is 12.2. The molecular weight excluding hydrogens is 214 g/mol. The van der Waals surface area contributed by atoms with Crippen molar-refractivity contribution >= 4 is 11.3 Å². The molecule has 16 heavy (non-hydrogen) atoms. The Labute approximate surface area is 104 Å². The normalized spacial score (nSPS) is 13.1. The van der Waals surface area contributed by atoms with Crippen molar-refractivity contribution in [2.24, 2.45) is 5.41 Å². The molecule has 1 aromatic heterocycles. The van der Waals surface area contributed by atoms with E-state index in [1.54, 1.807) is 11.3 Å². The van der Waals surface area contributed by atoms with Crippen molar-refractivity contribution < 1.29 is 0 Å². The van der Waals surface area contributed by atoms with Crippen molar-refractivity contribution in [1.29, 1.82) is 0 Å². The molecule has 0 bridgehead atoms. The second-order valence-electron chi connectivity index (χ2n) is 6.43. The first-order valence-corrected chi connectivity index (χ1v) is 6.99. The molecule has 1 N–H and O–H groups in total. The van der Waals surface area contributed by atoms with Gasteiger partial charge < -0.3 is 5.32 Å². The average molecular weight is 239 g/mol. The molecule has 0 atom stereocenters. The van der Waals surface area contributed by atoms with Crippen LogP contribution in [0.25, 0.3) is 0 Å². The van der Waals surface area contributed by atoms with E-state index in [1.165, 1.54) is 12.0 Å². The highest BCUT2D eigenvalue weighted by molar-refractivity contribution is 7.07. The minimum absolute atomic E-state index is 0.230. The number of hydrogen-bond acceptors (Lipinski definition) is 2. The summed E-state index contributed by atoms with van der Waals surface area (Å²) in [4.78, 5) is 0. The van der Waals surface area contributed by atoms with Crippen molar-refractivity contribution in [1.82, 2.24) is 5.32 Å². The summed E-state index contributed by atoms with van der Waals surface area (Å²) >= 11 is 1.78. The van der Waals surface area contributed by atoms with Crippen molar-refractivity contribution in [2.45, 2.75) is 53.0 Å². The van der Waals surface area contributed by atoms with Crippen LogP contribution in [-0.2, 0) is 6.42 Å². The van der Waals surface area contributed by atoms with Gasteiger partial charge in [0.1, 0.15) is 0 Å². The summed E-state index contributed by atoms with van der Waals surface area (Å²) in [6.07, 6.45) is 2.33. The molecule has 0 saturated carbocycles. The van der Waals surface area contributed by atoms with E-state index in [9.17, 15) is 0 Å². The molecule has 0 saturated heterocycles. The predicted octanol–water partition coefficient (Wildman–Crippen LogP) is 4.10. The lowest BCUT2D eigenvalue weighted by molar-refractivity contribution is 0.243. The largest absolute Gasteiger partial charge is 0.311 e. The summed E-state index contributed by atoms with van der Waals surface area (Å²) in [5.74, 6) is 0. The van der Waals surface area contributed by atoms with E-state index >= 15 is 0 Å². The quantitative estimate of drug-likeness (QED) is 0.816. The lowest BCUT2D eigenvalue weighted by Crippen LogP contribution is -2.43. The molecule has 0 radical (unpaired) electrons. The highest BCUT2D eigenvalue weighted by atomic mass is 32.1. The molecule has 0 fully saturated rings. The van der Waals surface area contributed by atoms with Gasteiger partial charge >= 0.3 is 0 Å². The molecule has 1 aromatic rings. The predicted molar refractivity (Wildman–Crippen MR) is 74.2 cm³/mol. The van der Waals surface area contributed by atoms with Gasteiger partial charge in [-0.2, -0.15) is 11.3 Å². The maximum absolute atomic E-state index is 3.66. The Morgan fingerprint density at radius 1 is 1.19 bits per heavy atom. The molecule has 0 amide bonds. The first-order chi connectivity index (χ1) is 7.29. The number of nitrogens with one attached hydrogen (secondary N) is 1. The van der Waals surface area contributed by atoms with Gasteiger partial charge in [0.2, 0.25) is 0 Å². The van der Waals surface area contributed by atoms with Crippen molar-refractivity contribution in [2.75, 3.05) is 6.54 Å². The highest BCUT2D eigenvalue weighted by Crippen LogP contribution is 2.26. The second-order valence-corrected chi connectivity index (χ2v) is 7.21. The first-order valence-electron chi connectivity index (χ1n) is 6.05. The third-order valence-electron chi connectivity index (χ3n) is 2.57. The summed E-state index contributed by atoms with van der Waals surface area (Å²) in [7, 11) is 0. The van der Waals surface area contributed by atoms with Crippen LogP contribution in [0.5, 0.6) is 0 Å². The van der Waals surface area contributed by atoms with Crippen LogP contribution < -0.4 is 5.32 Å². The zero-order valence-electron chi connectivity index (χ0n) is 11.3. The molecule has 0 unspecified atom stereocenters. The van der Waals surface area contributed by atoms with Gasteiger partial charge in [0, 0.05) is 5.54 Å². The van der Waals surface area contributed by atoms with Gasteiger partial charge in [-0.1, -0.05) is 20.8 Å². The molecule has 0 aliphatic rings. The number of rotatable bonds is 5. The van der Waals surface area contributed by atoms with Crippen LogP contribution in [0.3, 0.4) is 0 Å². The van der Waals surface area contributed by atoms with E-state index in [0.29, 0.717) is 5.41 Å². The van der Waals surface area contributed by atoms with E-state index in [-0.39, 0.29) is 5.54 Å². The van der Waals surface area contributed by atoms with E-state index in [0.717, 1.165) is 13.0 Å². The third kappa shape index (κ3) is 5.66. The van der Waals surface area contributed by atoms with E-state index < -0.39 is 0 Å². The van der Waals surface area contributed by atoms with Crippen molar-refractivity contribution in [3.63, 3.8) is 0 Å². The minimum atomic E-state index is 0.230. The Morgan fingerprint density at radius 2 is 1.88 bits per heavy atom. The van der Waals surface area contributed by atoms with Gasteiger partial charge in [-0.3, -0.25) is 0 Å². The van der Waals surface area contributed by atoms with Crippen LogP contribution in [0.2, 0.25) is 0 Å². The monoisotopic (exact) mass is 239 g/mol. The Morgan fingerprint density at radius 3 is 2.38 bits per heavy atom. The maximum Gasteiger partial charge on any atom is 0.0130 e. The summed E-state index contributed by atoms with van der Waals surface area (Å²) in [6.45, 7) is 12.6. The van der Waals surface area contributed by atoms with Gasteiger partial charge in [-0.15, -0.1) is 0 Å². The van der Waals surface area contributed by atoms with Crippen LogP contribution >= 0.6 is 11.3 Å². The Balaban J connectivity index is 2.31. The van der Waals surface area contributed by atoms with Crippen LogP contribution in [-0.4, -0.2) is 12.1 Å². The highest BCUT2D eigenvalue weighted by Gasteiger charge is 2.24. The smallest absolute Gasteiger partial charge is 0.0130 e. The van der Waals surface area contributed by atoms with Gasteiger partial charge in [0.15, 0.2) is 0 Å². The van der Waals surface area contributed by atoms with Crippen molar-refractivity contribution in [3.8, 4) is 0 Å². The molecule has 1 heterocycles. The van der Waals surface area contributed by atoms with E-state index in [1.807, 2.05) is 0 Å². The fourth-order valence-corrected chi connectivity index (χ4v) is 3.07. The summed E-state index contributed by atoms with van der Waals surface area (Å²) in [5.41, 5.74) is 2.07. The van der Waals surface area contributed by atoms with Crippen molar-refractivity contribution in [3.05, 3.63) is 22.4 Å². The van der Waals surface area contributed by atoms with Crippen LogP contribution in [0.15, 0.2) is 16.8 Å². The van der Waals surface area contributed by atoms with Gasteiger partial charge in [0.25, 0.3) is 0 Å². The van der Waals surface area contributed by atoms with E-state index in [4.69, 9.17) is 0 Å². The standard InChI is InChI=1S/C14H25NS/c1-13(2,3)11-14(4,5)15-8-6-12-7-9-16-10-12/h7,9-10,15H,6,8,11H2,1-5H3. The molecule has 0 aromatic carbocycles. The fourth-order valence-electron chi connectivity index (χ4n) is 2.37. The summed E-state index contributed by atoms with van der Waals surface area (Å²) in [5, 5.41) is 8.04. The zero-order valence-corrected chi connectivity index (χ0v) is 12.1. The summed E-state index contributed by atoms with van der Waals surface area (Å²) < 4.78 is 0.